The number of hydrogen-bond donors (Lipinski definition) is 4. The van der Waals surface area contributed by atoms with Crippen LogP contribution in [0, 0.1) is 0 Å². The highest BCUT2D eigenvalue weighted by molar-refractivity contribution is 5.85. The number of carboxylic acids is 1. The summed E-state index contributed by atoms with van der Waals surface area (Å²) in [5, 5.41) is 10.7. The Kier molecular flexibility index (Phi) is 7.06. The third kappa shape index (κ3) is 7.27. The van der Waals surface area contributed by atoms with Gasteiger partial charge in [0.05, 0.1) is 6.17 Å². The van der Waals surface area contributed by atoms with Crippen molar-refractivity contribution in [2.75, 3.05) is 0 Å². The van der Waals surface area contributed by atoms with Crippen molar-refractivity contribution in [2.24, 2.45) is 11.5 Å². The summed E-state index contributed by atoms with van der Waals surface area (Å²) in [5.41, 5.74) is 9.65. The number of carbonyl (C=O) groups is 2. The molecule has 8 heteroatoms. The molecule has 1 amide bonds. The SMILES string of the molecule is CC(C)(C)OC(=O)N[C@@H](C(=O)O)C(N)N.Cl. The zero-order valence-electron chi connectivity index (χ0n) is 9.39. The summed E-state index contributed by atoms with van der Waals surface area (Å²) in [6.07, 6.45) is -2.05. The van der Waals surface area contributed by atoms with Crippen molar-refractivity contribution in [3.8, 4) is 0 Å². The molecular weight excluding hydrogens is 238 g/mol. The van der Waals surface area contributed by atoms with Crippen molar-refractivity contribution in [2.45, 2.75) is 38.6 Å². The van der Waals surface area contributed by atoms with Gasteiger partial charge in [0.25, 0.3) is 0 Å². The van der Waals surface area contributed by atoms with Crippen molar-refractivity contribution in [1.29, 1.82) is 0 Å². The van der Waals surface area contributed by atoms with E-state index >= 15 is 0 Å². The molecule has 6 N–H and O–H groups in total. The van der Waals surface area contributed by atoms with E-state index in [1.807, 2.05) is 0 Å². The molecule has 0 saturated heterocycles. The van der Waals surface area contributed by atoms with Crippen LogP contribution < -0.4 is 16.8 Å². The molecule has 0 rings (SSSR count). The molecule has 0 bridgehead atoms. The second kappa shape index (κ2) is 6.51. The lowest BCUT2D eigenvalue weighted by Gasteiger charge is -2.23. The summed E-state index contributed by atoms with van der Waals surface area (Å²) in [6, 6.07) is -1.36. The third-order valence-electron chi connectivity index (χ3n) is 1.32. The van der Waals surface area contributed by atoms with Gasteiger partial charge in [0.2, 0.25) is 0 Å². The molecule has 96 valence electrons. The van der Waals surface area contributed by atoms with Crippen LogP contribution in [0.1, 0.15) is 20.8 Å². The van der Waals surface area contributed by atoms with Gasteiger partial charge in [-0.2, -0.15) is 0 Å². The van der Waals surface area contributed by atoms with Gasteiger partial charge in [-0.25, -0.2) is 9.59 Å². The molecule has 0 aliphatic carbocycles. The molecule has 0 unspecified atom stereocenters. The average Bonchev–Trinajstić information content (AvgIpc) is 1.95. The van der Waals surface area contributed by atoms with Gasteiger partial charge < -0.3 is 26.6 Å². The smallest absolute Gasteiger partial charge is 0.408 e. The number of nitrogens with one attached hydrogen (secondary N) is 1. The topological polar surface area (TPSA) is 128 Å². The maximum atomic E-state index is 11.2. The highest BCUT2D eigenvalue weighted by atomic mass is 35.5. The fourth-order valence-electron chi connectivity index (χ4n) is 0.757. The zero-order valence-corrected chi connectivity index (χ0v) is 10.2. The third-order valence-corrected chi connectivity index (χ3v) is 1.32. The number of ether oxygens (including phenoxy) is 1. The maximum Gasteiger partial charge on any atom is 0.408 e. The van der Waals surface area contributed by atoms with Crippen molar-refractivity contribution in [3.05, 3.63) is 0 Å². The first kappa shape index (κ1) is 17.3. The lowest BCUT2D eigenvalue weighted by Crippen LogP contribution is -2.57. The molecule has 0 aromatic carbocycles. The van der Waals surface area contributed by atoms with Gasteiger partial charge in [-0.1, -0.05) is 0 Å². The molecule has 1 atom stereocenters. The Hall–Kier alpha value is -1.05. The van der Waals surface area contributed by atoms with E-state index in [0.29, 0.717) is 0 Å². The lowest BCUT2D eigenvalue weighted by molar-refractivity contribution is -0.140. The van der Waals surface area contributed by atoms with E-state index in [9.17, 15) is 9.59 Å². The van der Waals surface area contributed by atoms with Gasteiger partial charge in [-0.15, -0.1) is 12.4 Å². The summed E-state index contributed by atoms with van der Waals surface area (Å²) in [5.74, 6) is -1.31. The standard InChI is InChI=1S/C8H17N3O4.ClH/c1-8(2,3)15-7(14)11-4(5(9)10)6(12)13;/h4-5H,9-10H2,1-3H3,(H,11,14)(H,12,13);1H/t4-;/m1./s1. The fraction of sp³-hybridized carbons (Fsp3) is 0.750. The van der Waals surface area contributed by atoms with Crippen LogP contribution in [0.2, 0.25) is 0 Å². The van der Waals surface area contributed by atoms with E-state index in [2.05, 4.69) is 5.32 Å². The maximum absolute atomic E-state index is 11.2. The molecule has 0 aliphatic heterocycles. The first-order valence-corrected chi connectivity index (χ1v) is 4.37. The highest BCUT2D eigenvalue weighted by Gasteiger charge is 2.26. The molecule has 0 saturated carbocycles. The van der Waals surface area contributed by atoms with E-state index < -0.39 is 29.9 Å². The monoisotopic (exact) mass is 255 g/mol. The Labute approximate surface area is 99.9 Å². The van der Waals surface area contributed by atoms with Gasteiger partial charge in [0, 0.05) is 0 Å². The molecule has 16 heavy (non-hydrogen) atoms. The number of aliphatic carboxylic acids is 1. The summed E-state index contributed by atoms with van der Waals surface area (Å²) in [7, 11) is 0. The van der Waals surface area contributed by atoms with E-state index in [-0.39, 0.29) is 12.4 Å². The van der Waals surface area contributed by atoms with Crippen LogP contribution in [0.3, 0.4) is 0 Å². The van der Waals surface area contributed by atoms with E-state index in [1.165, 1.54) is 0 Å². The minimum absolute atomic E-state index is 0. The van der Waals surface area contributed by atoms with Crippen LogP contribution in [-0.4, -0.2) is 35.0 Å². The van der Waals surface area contributed by atoms with Crippen LogP contribution >= 0.6 is 12.4 Å². The summed E-state index contributed by atoms with van der Waals surface area (Å²) >= 11 is 0. The van der Waals surface area contributed by atoms with Gasteiger partial charge in [0.1, 0.15) is 5.60 Å². The van der Waals surface area contributed by atoms with Crippen LogP contribution in [0.5, 0.6) is 0 Å². The van der Waals surface area contributed by atoms with Crippen LogP contribution in [0.4, 0.5) is 4.79 Å². The van der Waals surface area contributed by atoms with Crippen molar-refractivity contribution < 1.29 is 19.4 Å². The summed E-state index contributed by atoms with van der Waals surface area (Å²) in [4.78, 5) is 21.8. The second-order valence-corrected chi connectivity index (χ2v) is 4.04. The molecule has 0 heterocycles. The number of carbonyl (C=O) groups excluding carboxylic acids is 1. The number of alkyl carbamates (subject to hydrolysis) is 1. The Morgan fingerprint density at radius 3 is 2.00 bits per heavy atom. The predicted molar refractivity (Wildman–Crippen MR) is 60.2 cm³/mol. The highest BCUT2D eigenvalue weighted by Crippen LogP contribution is 2.06. The Morgan fingerprint density at radius 2 is 1.75 bits per heavy atom. The number of nitrogens with two attached hydrogens (primary N) is 2. The second-order valence-electron chi connectivity index (χ2n) is 4.04. The minimum Gasteiger partial charge on any atom is -0.480 e. The fourth-order valence-corrected chi connectivity index (χ4v) is 0.757. The van der Waals surface area contributed by atoms with Crippen molar-refractivity contribution in [3.63, 3.8) is 0 Å². The number of hydrogen-bond acceptors (Lipinski definition) is 5. The van der Waals surface area contributed by atoms with Crippen molar-refractivity contribution >= 4 is 24.5 Å². The predicted octanol–water partition coefficient (Wildman–Crippen LogP) is -0.370. The van der Waals surface area contributed by atoms with Crippen LogP contribution in [-0.2, 0) is 9.53 Å². The molecule has 0 radical (unpaired) electrons. The lowest BCUT2D eigenvalue weighted by atomic mass is 10.2. The quantitative estimate of drug-likeness (QED) is 0.510. The van der Waals surface area contributed by atoms with E-state index in [0.717, 1.165) is 0 Å². The van der Waals surface area contributed by atoms with Crippen LogP contribution in [0.25, 0.3) is 0 Å². The van der Waals surface area contributed by atoms with E-state index in [4.69, 9.17) is 21.3 Å². The number of halogens is 1. The van der Waals surface area contributed by atoms with Gasteiger partial charge in [-0.3, -0.25) is 0 Å². The van der Waals surface area contributed by atoms with Crippen LogP contribution in [0.15, 0.2) is 0 Å². The van der Waals surface area contributed by atoms with Crippen molar-refractivity contribution in [1.82, 2.24) is 5.32 Å². The molecular formula is C8H18ClN3O4. The van der Waals surface area contributed by atoms with E-state index in [1.54, 1.807) is 20.8 Å². The van der Waals surface area contributed by atoms with Gasteiger partial charge in [0.15, 0.2) is 6.04 Å². The number of amides is 1. The summed E-state index contributed by atoms with van der Waals surface area (Å²) in [6.45, 7) is 4.97. The zero-order chi connectivity index (χ0) is 12.2. The Morgan fingerprint density at radius 1 is 1.31 bits per heavy atom. The number of carboxylic acid groups (broad SMARTS) is 1. The molecule has 0 aromatic rings. The number of rotatable bonds is 3. The Balaban J connectivity index is 0. The minimum atomic E-state index is -1.36. The molecule has 0 spiro atoms. The van der Waals surface area contributed by atoms with Gasteiger partial charge >= 0.3 is 12.1 Å². The molecule has 0 aliphatic rings. The molecule has 0 fully saturated rings. The Bertz CT molecular complexity index is 252. The first-order valence-electron chi connectivity index (χ1n) is 4.37. The molecule has 7 nitrogen and oxygen atoms in total. The first-order chi connectivity index (χ1) is 6.63. The van der Waals surface area contributed by atoms with Gasteiger partial charge in [-0.05, 0) is 20.8 Å². The summed E-state index contributed by atoms with van der Waals surface area (Å²) < 4.78 is 4.84. The molecule has 0 aromatic heterocycles. The normalized spacial score (nSPS) is 12.6. The average molecular weight is 256 g/mol. The largest absolute Gasteiger partial charge is 0.480 e.